The van der Waals surface area contributed by atoms with Gasteiger partial charge in [0, 0.05) is 38.3 Å². The summed E-state index contributed by atoms with van der Waals surface area (Å²) in [6, 6.07) is 8.78. The Balaban J connectivity index is 1.83. The Morgan fingerprint density at radius 1 is 1.37 bits per heavy atom. The normalized spacial score (nSPS) is 19.5. The molecular weight excluding hydrogens is 368 g/mol. The smallest absolute Gasteiger partial charge is 0.226 e. The van der Waals surface area contributed by atoms with Crippen molar-refractivity contribution in [3.8, 4) is 0 Å². The highest BCUT2D eigenvalue weighted by atomic mass is 35.5. The molecule has 2 amide bonds. The maximum Gasteiger partial charge on any atom is 0.226 e. The van der Waals surface area contributed by atoms with Crippen LogP contribution in [-0.4, -0.2) is 46.8 Å². The van der Waals surface area contributed by atoms with Gasteiger partial charge in [-0.25, -0.2) is 0 Å². The molecule has 0 bridgehead atoms. The Kier molecular flexibility index (Phi) is 6.13. The fourth-order valence-corrected chi connectivity index (χ4v) is 3.71. The Morgan fingerprint density at radius 3 is 2.81 bits per heavy atom. The third-order valence-electron chi connectivity index (χ3n) is 4.89. The molecule has 1 aromatic heterocycles. The number of hydrogen-bond donors (Lipinski definition) is 1. The van der Waals surface area contributed by atoms with Crippen molar-refractivity contribution in [2.24, 2.45) is 13.0 Å². The average molecular weight is 391 g/mol. The molecule has 0 unspecified atom stereocenters. The minimum absolute atomic E-state index is 0.0716. The number of methoxy groups -OCH3 is 1. The number of halogens is 1. The van der Waals surface area contributed by atoms with Crippen LogP contribution in [0.4, 0.5) is 0 Å². The van der Waals surface area contributed by atoms with E-state index in [4.69, 9.17) is 16.3 Å². The molecule has 1 aliphatic heterocycles. The lowest BCUT2D eigenvalue weighted by Gasteiger charge is -2.28. The van der Waals surface area contributed by atoms with Gasteiger partial charge in [-0.05, 0) is 17.7 Å². The average Bonchev–Trinajstić information content (AvgIpc) is 3.21. The van der Waals surface area contributed by atoms with Gasteiger partial charge in [0.15, 0.2) is 0 Å². The Bertz CT molecular complexity index is 823. The molecule has 7 nitrogen and oxygen atoms in total. The van der Waals surface area contributed by atoms with E-state index in [0.29, 0.717) is 24.7 Å². The number of likely N-dealkylation sites (tertiary alicyclic amines) is 1. The molecule has 2 atom stereocenters. The summed E-state index contributed by atoms with van der Waals surface area (Å²) in [7, 11) is 3.41. The van der Waals surface area contributed by atoms with Gasteiger partial charge < -0.3 is 15.0 Å². The number of carbonyl (C=O) groups is 2. The van der Waals surface area contributed by atoms with Crippen molar-refractivity contribution < 1.29 is 14.3 Å². The largest absolute Gasteiger partial charge is 0.383 e. The second kappa shape index (κ2) is 8.54. The standard InChI is InChI=1S/C19H23ClN4O3/c1-23-13(7-8-22-23)12-21-19(26)15-11-17(25)24(9-10-27-2)18(15)14-5-3-4-6-16(14)20/h3-8,15,18H,9-12H2,1-2H3,(H,21,26)/t15-,18+/m1/s1. The number of amides is 2. The summed E-state index contributed by atoms with van der Waals surface area (Å²) in [6.07, 6.45) is 1.83. The van der Waals surface area contributed by atoms with E-state index in [9.17, 15) is 9.59 Å². The first kappa shape index (κ1) is 19.4. The second-order valence-corrected chi connectivity index (χ2v) is 6.93. The zero-order valence-corrected chi connectivity index (χ0v) is 16.1. The van der Waals surface area contributed by atoms with E-state index in [1.54, 1.807) is 29.0 Å². The van der Waals surface area contributed by atoms with E-state index in [2.05, 4.69) is 10.4 Å². The lowest BCUT2D eigenvalue weighted by atomic mass is 9.92. The van der Waals surface area contributed by atoms with Crippen molar-refractivity contribution in [3.63, 3.8) is 0 Å². The summed E-state index contributed by atoms with van der Waals surface area (Å²) in [4.78, 5) is 27.2. The Hall–Kier alpha value is -2.38. The highest BCUT2D eigenvalue weighted by Gasteiger charge is 2.44. The summed E-state index contributed by atoms with van der Waals surface area (Å²) in [5.41, 5.74) is 1.67. The van der Waals surface area contributed by atoms with E-state index in [1.807, 2.05) is 31.3 Å². The molecular formula is C19H23ClN4O3. The molecule has 0 saturated carbocycles. The van der Waals surface area contributed by atoms with Gasteiger partial charge in [0.05, 0.1) is 30.8 Å². The van der Waals surface area contributed by atoms with Crippen LogP contribution in [0.25, 0.3) is 0 Å². The van der Waals surface area contributed by atoms with Crippen molar-refractivity contribution in [2.45, 2.75) is 19.0 Å². The topological polar surface area (TPSA) is 76.5 Å². The molecule has 0 radical (unpaired) electrons. The van der Waals surface area contributed by atoms with Crippen molar-refractivity contribution in [1.29, 1.82) is 0 Å². The number of rotatable bonds is 7. The minimum atomic E-state index is -0.512. The first-order valence-electron chi connectivity index (χ1n) is 8.80. The van der Waals surface area contributed by atoms with Gasteiger partial charge in [-0.15, -0.1) is 0 Å². The van der Waals surface area contributed by atoms with Gasteiger partial charge in [-0.3, -0.25) is 14.3 Å². The van der Waals surface area contributed by atoms with E-state index < -0.39 is 12.0 Å². The minimum Gasteiger partial charge on any atom is -0.383 e. The first-order valence-corrected chi connectivity index (χ1v) is 9.18. The molecule has 2 aromatic rings. The second-order valence-electron chi connectivity index (χ2n) is 6.52. The molecule has 27 heavy (non-hydrogen) atoms. The summed E-state index contributed by atoms with van der Waals surface area (Å²) >= 11 is 6.39. The highest BCUT2D eigenvalue weighted by Crippen LogP contribution is 2.40. The number of nitrogens with zero attached hydrogens (tertiary/aromatic N) is 3. The van der Waals surface area contributed by atoms with Crippen LogP contribution in [0.3, 0.4) is 0 Å². The van der Waals surface area contributed by atoms with Crippen LogP contribution >= 0.6 is 11.6 Å². The van der Waals surface area contributed by atoms with Crippen LogP contribution in [0.5, 0.6) is 0 Å². The van der Waals surface area contributed by atoms with Gasteiger partial charge in [-0.2, -0.15) is 5.10 Å². The molecule has 3 rings (SSSR count). The first-order chi connectivity index (χ1) is 13.0. The van der Waals surface area contributed by atoms with Crippen LogP contribution in [0, 0.1) is 5.92 Å². The van der Waals surface area contributed by atoms with Crippen LogP contribution in [0.15, 0.2) is 36.5 Å². The molecule has 0 spiro atoms. The van der Waals surface area contributed by atoms with Crippen molar-refractivity contribution in [3.05, 3.63) is 52.8 Å². The van der Waals surface area contributed by atoms with Crippen LogP contribution in [-0.2, 0) is 27.9 Å². The molecule has 2 heterocycles. The van der Waals surface area contributed by atoms with Gasteiger partial charge in [-0.1, -0.05) is 29.8 Å². The highest BCUT2D eigenvalue weighted by molar-refractivity contribution is 6.31. The lowest BCUT2D eigenvalue weighted by Crippen LogP contribution is -2.37. The van der Waals surface area contributed by atoms with Crippen LogP contribution in [0.1, 0.15) is 23.7 Å². The third-order valence-corrected chi connectivity index (χ3v) is 5.24. The molecule has 1 aliphatic rings. The van der Waals surface area contributed by atoms with Crippen molar-refractivity contribution in [1.82, 2.24) is 20.0 Å². The van der Waals surface area contributed by atoms with Crippen molar-refractivity contribution in [2.75, 3.05) is 20.3 Å². The van der Waals surface area contributed by atoms with E-state index in [-0.39, 0.29) is 18.2 Å². The summed E-state index contributed by atoms with van der Waals surface area (Å²) in [6.45, 7) is 1.17. The molecule has 0 aliphatic carbocycles. The van der Waals surface area contributed by atoms with Gasteiger partial charge >= 0.3 is 0 Å². The van der Waals surface area contributed by atoms with E-state index >= 15 is 0 Å². The zero-order valence-electron chi connectivity index (χ0n) is 15.4. The number of aromatic nitrogens is 2. The fourth-order valence-electron chi connectivity index (χ4n) is 3.46. The molecule has 144 valence electrons. The number of ether oxygens (including phenoxy) is 1. The number of nitrogens with one attached hydrogen (secondary N) is 1. The van der Waals surface area contributed by atoms with Gasteiger partial charge in [0.25, 0.3) is 0 Å². The summed E-state index contributed by atoms with van der Waals surface area (Å²) in [5.74, 6) is -0.755. The summed E-state index contributed by atoms with van der Waals surface area (Å²) in [5, 5.41) is 7.57. The lowest BCUT2D eigenvalue weighted by molar-refractivity contribution is -0.129. The van der Waals surface area contributed by atoms with Crippen LogP contribution < -0.4 is 5.32 Å². The number of benzene rings is 1. The maximum atomic E-state index is 12.9. The fraction of sp³-hybridized carbons (Fsp3) is 0.421. The third kappa shape index (κ3) is 4.14. The predicted octanol–water partition coefficient (Wildman–Crippen LogP) is 1.93. The quantitative estimate of drug-likeness (QED) is 0.783. The van der Waals surface area contributed by atoms with Crippen LogP contribution in [0.2, 0.25) is 5.02 Å². The predicted molar refractivity (Wildman–Crippen MR) is 101 cm³/mol. The molecule has 1 N–H and O–H groups in total. The summed E-state index contributed by atoms with van der Waals surface area (Å²) < 4.78 is 6.84. The number of aryl methyl sites for hydroxylation is 1. The number of hydrogen-bond acceptors (Lipinski definition) is 4. The Morgan fingerprint density at radius 2 is 2.15 bits per heavy atom. The molecule has 1 fully saturated rings. The zero-order chi connectivity index (χ0) is 19.4. The van der Waals surface area contributed by atoms with E-state index in [0.717, 1.165) is 11.3 Å². The van der Waals surface area contributed by atoms with Gasteiger partial charge in [0.2, 0.25) is 11.8 Å². The maximum absolute atomic E-state index is 12.9. The molecule has 1 saturated heterocycles. The SMILES string of the molecule is COCCN1C(=O)C[C@@H](C(=O)NCc2ccnn2C)[C@@H]1c1ccccc1Cl. The van der Waals surface area contributed by atoms with E-state index in [1.165, 1.54) is 0 Å². The molecule has 8 heteroatoms. The molecule has 1 aromatic carbocycles. The Labute approximate surface area is 163 Å². The number of carbonyl (C=O) groups excluding carboxylic acids is 2. The van der Waals surface area contributed by atoms with Gasteiger partial charge in [0.1, 0.15) is 0 Å². The van der Waals surface area contributed by atoms with Crippen molar-refractivity contribution >= 4 is 23.4 Å². The monoisotopic (exact) mass is 390 g/mol.